The normalized spacial score (nSPS) is 16.5. The molecule has 1 heterocycles. The van der Waals surface area contributed by atoms with Gasteiger partial charge < -0.3 is 5.32 Å². The lowest BCUT2D eigenvalue weighted by Gasteiger charge is -2.18. The quantitative estimate of drug-likeness (QED) is 0.863. The predicted molar refractivity (Wildman–Crippen MR) is 90.0 cm³/mol. The summed E-state index contributed by atoms with van der Waals surface area (Å²) in [5.74, 6) is 0. The van der Waals surface area contributed by atoms with Crippen LogP contribution in [-0.4, -0.2) is 22.1 Å². The fourth-order valence-electron chi connectivity index (χ4n) is 2.97. The molecule has 116 valence electrons. The van der Waals surface area contributed by atoms with E-state index in [2.05, 4.69) is 23.3 Å². The van der Waals surface area contributed by atoms with E-state index >= 15 is 0 Å². The molecule has 1 aliphatic rings. The number of nitrogens with zero attached hydrogens (tertiary/aromatic N) is 2. The maximum atomic E-state index is 12.5. The molecule has 0 bridgehead atoms. The molecule has 3 rings (SSSR count). The van der Waals surface area contributed by atoms with E-state index in [4.69, 9.17) is 0 Å². The molecule has 0 fully saturated rings. The van der Waals surface area contributed by atoms with Gasteiger partial charge >= 0.3 is 0 Å². The van der Waals surface area contributed by atoms with Gasteiger partial charge in [-0.25, -0.2) is 4.98 Å². The minimum Gasteiger partial charge on any atom is -0.309 e. The second-order valence-corrected chi connectivity index (χ2v) is 6.11. The third kappa shape index (κ3) is 3.45. The SMILES string of the molecule is CC(Cn1cnc2ccccc2c1=O)NCC1=CCCCC1. The summed E-state index contributed by atoms with van der Waals surface area (Å²) in [4.78, 5) is 16.8. The Hall–Kier alpha value is -1.94. The third-order valence-electron chi connectivity index (χ3n) is 4.26. The summed E-state index contributed by atoms with van der Waals surface area (Å²) in [5, 5.41) is 4.21. The number of allylic oxidation sites excluding steroid dienone is 1. The average molecular weight is 297 g/mol. The highest BCUT2D eigenvalue weighted by Gasteiger charge is 2.09. The predicted octanol–water partition coefficient (Wildman–Crippen LogP) is 2.88. The lowest BCUT2D eigenvalue weighted by Crippen LogP contribution is -2.35. The lowest BCUT2D eigenvalue weighted by molar-refractivity contribution is 0.478. The Morgan fingerprint density at radius 1 is 1.32 bits per heavy atom. The molecule has 1 aromatic heterocycles. The number of hydrogen-bond acceptors (Lipinski definition) is 3. The second-order valence-electron chi connectivity index (χ2n) is 6.11. The standard InChI is InChI=1S/C18H23N3O/c1-14(19-11-15-7-3-2-4-8-15)12-21-13-20-17-10-6-5-9-16(17)18(21)22/h5-7,9-10,13-14,19H,2-4,8,11-12H2,1H3. The number of rotatable bonds is 5. The highest BCUT2D eigenvalue weighted by Crippen LogP contribution is 2.16. The summed E-state index contributed by atoms with van der Waals surface area (Å²) >= 11 is 0. The van der Waals surface area contributed by atoms with E-state index in [1.807, 2.05) is 24.3 Å². The molecule has 0 saturated heterocycles. The van der Waals surface area contributed by atoms with Crippen LogP contribution in [0.4, 0.5) is 0 Å². The minimum absolute atomic E-state index is 0.0381. The van der Waals surface area contributed by atoms with Crippen molar-refractivity contribution in [3.05, 3.63) is 52.6 Å². The fourth-order valence-corrected chi connectivity index (χ4v) is 2.97. The van der Waals surface area contributed by atoms with Gasteiger partial charge in [-0.15, -0.1) is 0 Å². The van der Waals surface area contributed by atoms with E-state index in [1.54, 1.807) is 10.9 Å². The highest BCUT2D eigenvalue weighted by molar-refractivity contribution is 5.76. The zero-order valence-corrected chi connectivity index (χ0v) is 13.1. The van der Waals surface area contributed by atoms with E-state index in [-0.39, 0.29) is 11.6 Å². The third-order valence-corrected chi connectivity index (χ3v) is 4.26. The smallest absolute Gasteiger partial charge is 0.261 e. The molecule has 0 amide bonds. The maximum absolute atomic E-state index is 12.5. The molecule has 0 saturated carbocycles. The summed E-state index contributed by atoms with van der Waals surface area (Å²) in [7, 11) is 0. The van der Waals surface area contributed by atoms with E-state index in [1.165, 1.54) is 31.3 Å². The first kappa shape index (κ1) is 15.0. The summed E-state index contributed by atoms with van der Waals surface area (Å²) < 4.78 is 1.70. The van der Waals surface area contributed by atoms with Crippen LogP contribution < -0.4 is 10.9 Å². The first-order chi connectivity index (χ1) is 10.7. The Balaban J connectivity index is 1.66. The Bertz CT molecular complexity index is 732. The molecular weight excluding hydrogens is 274 g/mol. The molecule has 1 N–H and O–H groups in total. The van der Waals surface area contributed by atoms with Crippen molar-refractivity contribution in [3.63, 3.8) is 0 Å². The first-order valence-corrected chi connectivity index (χ1v) is 8.09. The van der Waals surface area contributed by atoms with Gasteiger partial charge in [-0.1, -0.05) is 23.8 Å². The van der Waals surface area contributed by atoms with E-state index in [9.17, 15) is 4.79 Å². The van der Waals surface area contributed by atoms with Crippen molar-refractivity contribution in [2.24, 2.45) is 0 Å². The van der Waals surface area contributed by atoms with Gasteiger partial charge in [0, 0.05) is 19.1 Å². The Morgan fingerprint density at radius 2 is 2.18 bits per heavy atom. The largest absolute Gasteiger partial charge is 0.309 e. The van der Waals surface area contributed by atoms with Crippen molar-refractivity contribution in [2.75, 3.05) is 6.54 Å². The minimum atomic E-state index is 0.0381. The Morgan fingerprint density at radius 3 is 3.00 bits per heavy atom. The number of fused-ring (bicyclic) bond motifs is 1. The van der Waals surface area contributed by atoms with Gasteiger partial charge in [0.15, 0.2) is 0 Å². The van der Waals surface area contributed by atoms with Crippen LogP contribution in [0.25, 0.3) is 10.9 Å². The molecular formula is C18H23N3O. The highest BCUT2D eigenvalue weighted by atomic mass is 16.1. The molecule has 4 heteroatoms. The van der Waals surface area contributed by atoms with Gasteiger partial charge in [-0.2, -0.15) is 0 Å². The number of hydrogen-bond donors (Lipinski definition) is 1. The van der Waals surface area contributed by atoms with Gasteiger partial charge in [-0.05, 0) is 44.7 Å². The Kier molecular flexibility index (Phi) is 4.68. The van der Waals surface area contributed by atoms with Crippen LogP contribution in [0.5, 0.6) is 0 Å². The van der Waals surface area contributed by atoms with Crippen molar-refractivity contribution >= 4 is 10.9 Å². The second kappa shape index (κ2) is 6.88. The number of aromatic nitrogens is 2. The van der Waals surface area contributed by atoms with Gasteiger partial charge in [0.05, 0.1) is 17.2 Å². The summed E-state index contributed by atoms with van der Waals surface area (Å²) in [5.41, 5.74) is 2.30. The van der Waals surface area contributed by atoms with Gasteiger partial charge in [0.1, 0.15) is 0 Å². The van der Waals surface area contributed by atoms with Crippen molar-refractivity contribution in [3.8, 4) is 0 Å². The molecule has 1 aromatic carbocycles. The van der Waals surface area contributed by atoms with E-state index in [0.29, 0.717) is 11.9 Å². The molecule has 1 atom stereocenters. The average Bonchev–Trinajstić information content (AvgIpc) is 2.57. The molecule has 0 radical (unpaired) electrons. The van der Waals surface area contributed by atoms with Crippen molar-refractivity contribution in [1.29, 1.82) is 0 Å². The zero-order valence-electron chi connectivity index (χ0n) is 13.1. The van der Waals surface area contributed by atoms with Crippen molar-refractivity contribution in [2.45, 2.75) is 45.2 Å². The fraction of sp³-hybridized carbons (Fsp3) is 0.444. The van der Waals surface area contributed by atoms with Crippen LogP contribution in [0.2, 0.25) is 0 Å². The monoisotopic (exact) mass is 297 g/mol. The number of nitrogens with one attached hydrogen (secondary N) is 1. The van der Waals surface area contributed by atoms with Crippen molar-refractivity contribution < 1.29 is 0 Å². The lowest BCUT2D eigenvalue weighted by atomic mass is 9.99. The number of para-hydroxylation sites is 1. The molecule has 0 spiro atoms. The van der Waals surface area contributed by atoms with Gasteiger partial charge in [0.25, 0.3) is 5.56 Å². The van der Waals surface area contributed by atoms with Crippen LogP contribution in [-0.2, 0) is 6.54 Å². The van der Waals surface area contributed by atoms with Crippen LogP contribution >= 0.6 is 0 Å². The molecule has 2 aromatic rings. The molecule has 0 aliphatic heterocycles. The van der Waals surface area contributed by atoms with Crippen LogP contribution in [0, 0.1) is 0 Å². The van der Waals surface area contributed by atoms with Crippen LogP contribution in [0.1, 0.15) is 32.6 Å². The van der Waals surface area contributed by atoms with Gasteiger partial charge in [-0.3, -0.25) is 9.36 Å². The van der Waals surface area contributed by atoms with Crippen LogP contribution in [0.3, 0.4) is 0 Å². The zero-order chi connectivity index (χ0) is 15.4. The first-order valence-electron chi connectivity index (χ1n) is 8.09. The summed E-state index contributed by atoms with van der Waals surface area (Å²) in [6.07, 6.45) is 9.04. The van der Waals surface area contributed by atoms with Crippen LogP contribution in [0.15, 0.2) is 47.0 Å². The molecule has 1 aliphatic carbocycles. The van der Waals surface area contributed by atoms with Crippen molar-refractivity contribution in [1.82, 2.24) is 14.9 Å². The summed E-state index contributed by atoms with van der Waals surface area (Å²) in [6, 6.07) is 7.74. The topological polar surface area (TPSA) is 46.9 Å². The Labute approximate surface area is 130 Å². The summed E-state index contributed by atoms with van der Waals surface area (Å²) in [6.45, 7) is 3.69. The van der Waals surface area contributed by atoms with E-state index in [0.717, 1.165) is 12.1 Å². The van der Waals surface area contributed by atoms with Gasteiger partial charge in [0.2, 0.25) is 0 Å². The molecule has 22 heavy (non-hydrogen) atoms. The maximum Gasteiger partial charge on any atom is 0.261 e. The number of benzene rings is 1. The molecule has 1 unspecified atom stereocenters. The molecule has 4 nitrogen and oxygen atoms in total. The van der Waals surface area contributed by atoms with E-state index < -0.39 is 0 Å².